The van der Waals surface area contributed by atoms with Crippen molar-refractivity contribution in [2.24, 2.45) is 5.92 Å². The van der Waals surface area contributed by atoms with E-state index in [0.717, 1.165) is 18.2 Å². The van der Waals surface area contributed by atoms with E-state index in [1.165, 1.54) is 24.9 Å². The summed E-state index contributed by atoms with van der Waals surface area (Å²) in [5.41, 5.74) is 1.92. The first kappa shape index (κ1) is 9.22. The molecule has 0 atom stereocenters. The van der Waals surface area contributed by atoms with Gasteiger partial charge in [-0.3, -0.25) is 0 Å². The Morgan fingerprint density at radius 3 is 2.53 bits per heavy atom. The van der Waals surface area contributed by atoms with Crippen LogP contribution in [0.3, 0.4) is 0 Å². The van der Waals surface area contributed by atoms with Crippen molar-refractivity contribution in [2.75, 3.05) is 20.2 Å². The van der Waals surface area contributed by atoms with Gasteiger partial charge in [-0.15, -0.1) is 0 Å². The third-order valence-electron chi connectivity index (χ3n) is 3.96. The zero-order valence-electron chi connectivity index (χ0n) is 9.12. The molecule has 1 aliphatic carbocycles. The molecule has 1 aromatic rings. The van der Waals surface area contributed by atoms with E-state index in [2.05, 4.69) is 29.6 Å². The number of rotatable bonds is 2. The second-order valence-electron chi connectivity index (χ2n) is 4.91. The summed E-state index contributed by atoms with van der Waals surface area (Å²) < 4.78 is 5.19. The number of benzene rings is 1. The Kier molecular flexibility index (Phi) is 1.99. The van der Waals surface area contributed by atoms with Crippen molar-refractivity contribution in [3.63, 3.8) is 0 Å². The standard InChI is InChI=1S/C13H17NO/c1-15-12-4-2-11(3-5-12)13-6-10(7-13)8-14-9-13/h2-5,10,14H,6-9H2,1H3. The molecule has 0 aromatic heterocycles. The molecule has 80 valence electrons. The number of hydrogen-bond donors (Lipinski definition) is 1. The molecule has 2 nitrogen and oxygen atoms in total. The number of nitrogens with one attached hydrogen (secondary N) is 1. The molecular formula is C13H17NO. The molecule has 2 aliphatic heterocycles. The summed E-state index contributed by atoms with van der Waals surface area (Å²) in [6, 6.07) is 8.60. The maximum absolute atomic E-state index is 5.19. The molecule has 0 spiro atoms. The van der Waals surface area contributed by atoms with Gasteiger partial charge in [-0.2, -0.15) is 0 Å². The zero-order valence-corrected chi connectivity index (χ0v) is 9.12. The lowest BCUT2D eigenvalue weighted by molar-refractivity contribution is 0.0900. The minimum absolute atomic E-state index is 0.440. The summed E-state index contributed by atoms with van der Waals surface area (Å²) in [6.07, 6.45) is 2.73. The number of ether oxygens (including phenoxy) is 1. The second kappa shape index (κ2) is 3.24. The van der Waals surface area contributed by atoms with E-state index in [0.29, 0.717) is 5.41 Å². The predicted octanol–water partition coefficient (Wildman–Crippen LogP) is 1.95. The topological polar surface area (TPSA) is 21.3 Å². The summed E-state index contributed by atoms with van der Waals surface area (Å²) >= 11 is 0. The molecule has 0 radical (unpaired) electrons. The Morgan fingerprint density at radius 1 is 1.27 bits per heavy atom. The van der Waals surface area contributed by atoms with E-state index in [1.54, 1.807) is 7.11 Å². The van der Waals surface area contributed by atoms with Gasteiger partial charge in [0.05, 0.1) is 7.11 Å². The highest BCUT2D eigenvalue weighted by Gasteiger charge is 2.47. The number of hydrogen-bond acceptors (Lipinski definition) is 2. The Morgan fingerprint density at radius 2 is 2.00 bits per heavy atom. The third-order valence-corrected chi connectivity index (χ3v) is 3.96. The predicted molar refractivity (Wildman–Crippen MR) is 60.3 cm³/mol. The molecule has 2 saturated heterocycles. The molecule has 15 heavy (non-hydrogen) atoms. The first-order valence-corrected chi connectivity index (χ1v) is 5.68. The van der Waals surface area contributed by atoms with Crippen molar-refractivity contribution in [3.8, 4) is 5.75 Å². The normalized spacial score (nSPS) is 33.3. The molecule has 1 aromatic carbocycles. The SMILES string of the molecule is COc1ccc(C23CNCC(C2)C3)cc1. The van der Waals surface area contributed by atoms with Crippen LogP contribution in [0.1, 0.15) is 18.4 Å². The van der Waals surface area contributed by atoms with Gasteiger partial charge in [-0.25, -0.2) is 0 Å². The van der Waals surface area contributed by atoms with E-state index in [4.69, 9.17) is 4.74 Å². The molecule has 1 saturated carbocycles. The van der Waals surface area contributed by atoms with Crippen LogP contribution in [0.5, 0.6) is 5.75 Å². The smallest absolute Gasteiger partial charge is 0.118 e. The van der Waals surface area contributed by atoms with Crippen molar-refractivity contribution < 1.29 is 4.74 Å². The van der Waals surface area contributed by atoms with Gasteiger partial charge in [-0.05, 0) is 43.0 Å². The molecule has 4 rings (SSSR count). The number of piperidine rings is 2. The van der Waals surface area contributed by atoms with Crippen LogP contribution in [-0.2, 0) is 5.41 Å². The van der Waals surface area contributed by atoms with Crippen molar-refractivity contribution in [1.82, 2.24) is 5.32 Å². The van der Waals surface area contributed by atoms with Crippen LogP contribution in [0.15, 0.2) is 24.3 Å². The molecule has 3 fully saturated rings. The van der Waals surface area contributed by atoms with Crippen LogP contribution < -0.4 is 10.1 Å². The van der Waals surface area contributed by atoms with E-state index >= 15 is 0 Å². The fourth-order valence-corrected chi connectivity index (χ4v) is 3.13. The van der Waals surface area contributed by atoms with E-state index < -0.39 is 0 Å². The van der Waals surface area contributed by atoms with Crippen LogP contribution in [-0.4, -0.2) is 20.2 Å². The van der Waals surface area contributed by atoms with Crippen molar-refractivity contribution >= 4 is 0 Å². The van der Waals surface area contributed by atoms with Gasteiger partial charge in [0.15, 0.2) is 0 Å². The van der Waals surface area contributed by atoms with Gasteiger partial charge in [-0.1, -0.05) is 12.1 Å². The monoisotopic (exact) mass is 203 g/mol. The average molecular weight is 203 g/mol. The quantitative estimate of drug-likeness (QED) is 0.793. The van der Waals surface area contributed by atoms with Crippen LogP contribution >= 0.6 is 0 Å². The molecule has 0 unspecified atom stereocenters. The Bertz CT molecular complexity index is 346. The summed E-state index contributed by atoms with van der Waals surface area (Å²) in [6.45, 7) is 2.37. The maximum atomic E-state index is 5.19. The molecule has 2 heterocycles. The summed E-state index contributed by atoms with van der Waals surface area (Å²) in [4.78, 5) is 0. The first-order valence-electron chi connectivity index (χ1n) is 5.68. The molecule has 3 aliphatic rings. The Balaban J connectivity index is 1.86. The summed E-state index contributed by atoms with van der Waals surface area (Å²) in [7, 11) is 1.72. The van der Waals surface area contributed by atoms with Gasteiger partial charge in [0.1, 0.15) is 5.75 Å². The summed E-state index contributed by atoms with van der Waals surface area (Å²) in [5, 5.41) is 3.52. The fourth-order valence-electron chi connectivity index (χ4n) is 3.13. The minimum Gasteiger partial charge on any atom is -0.497 e. The largest absolute Gasteiger partial charge is 0.497 e. The average Bonchev–Trinajstić information content (AvgIpc) is 2.29. The molecule has 0 amide bonds. The summed E-state index contributed by atoms with van der Waals surface area (Å²) in [5.74, 6) is 1.87. The second-order valence-corrected chi connectivity index (χ2v) is 4.91. The van der Waals surface area contributed by atoms with Gasteiger partial charge < -0.3 is 10.1 Å². The van der Waals surface area contributed by atoms with E-state index in [9.17, 15) is 0 Å². The zero-order chi connectivity index (χ0) is 10.3. The molecule has 1 N–H and O–H groups in total. The highest BCUT2D eigenvalue weighted by Crippen LogP contribution is 2.49. The lowest BCUT2D eigenvalue weighted by Gasteiger charge is -2.53. The Labute approximate surface area is 90.6 Å². The first-order chi connectivity index (χ1) is 7.32. The van der Waals surface area contributed by atoms with Gasteiger partial charge in [0, 0.05) is 12.0 Å². The van der Waals surface area contributed by atoms with Gasteiger partial charge >= 0.3 is 0 Å². The van der Waals surface area contributed by atoms with E-state index in [-0.39, 0.29) is 0 Å². The maximum Gasteiger partial charge on any atom is 0.118 e. The van der Waals surface area contributed by atoms with Crippen molar-refractivity contribution in [1.29, 1.82) is 0 Å². The van der Waals surface area contributed by atoms with Crippen LogP contribution in [0.4, 0.5) is 0 Å². The fraction of sp³-hybridized carbons (Fsp3) is 0.538. The van der Waals surface area contributed by atoms with Crippen LogP contribution in [0.2, 0.25) is 0 Å². The van der Waals surface area contributed by atoms with Crippen LogP contribution in [0, 0.1) is 5.92 Å². The highest BCUT2D eigenvalue weighted by molar-refractivity contribution is 5.35. The number of methoxy groups -OCH3 is 1. The van der Waals surface area contributed by atoms with Crippen LogP contribution in [0.25, 0.3) is 0 Å². The van der Waals surface area contributed by atoms with Gasteiger partial charge in [0.2, 0.25) is 0 Å². The molecule has 2 heteroatoms. The Hall–Kier alpha value is -1.02. The lowest BCUT2D eigenvalue weighted by atomic mass is 9.56. The third kappa shape index (κ3) is 1.36. The number of fused-ring (bicyclic) bond motifs is 2. The minimum atomic E-state index is 0.440. The molecular weight excluding hydrogens is 186 g/mol. The van der Waals surface area contributed by atoms with Gasteiger partial charge in [0.25, 0.3) is 0 Å². The van der Waals surface area contributed by atoms with Crippen molar-refractivity contribution in [3.05, 3.63) is 29.8 Å². The van der Waals surface area contributed by atoms with E-state index in [1.807, 2.05) is 0 Å². The lowest BCUT2D eigenvalue weighted by Crippen LogP contribution is -2.57. The van der Waals surface area contributed by atoms with Crippen molar-refractivity contribution in [2.45, 2.75) is 18.3 Å². The highest BCUT2D eigenvalue weighted by atomic mass is 16.5. The molecule has 2 bridgehead atoms.